The second-order valence-corrected chi connectivity index (χ2v) is 5.16. The minimum atomic E-state index is 0.662. The molecule has 2 aromatic rings. The molecule has 106 valence electrons. The van der Waals surface area contributed by atoms with Crippen LogP contribution in [0.3, 0.4) is 0 Å². The van der Waals surface area contributed by atoms with Crippen LogP contribution in [-0.4, -0.2) is 30.0 Å². The van der Waals surface area contributed by atoms with E-state index in [1.54, 1.807) is 11.8 Å². The molecule has 1 saturated heterocycles. The van der Waals surface area contributed by atoms with Crippen molar-refractivity contribution >= 4 is 11.5 Å². The fourth-order valence-corrected chi connectivity index (χ4v) is 2.69. The van der Waals surface area contributed by atoms with Crippen LogP contribution in [0, 0.1) is 0 Å². The molecule has 0 radical (unpaired) electrons. The Labute approximate surface area is 118 Å². The van der Waals surface area contributed by atoms with Crippen LogP contribution in [0.5, 0.6) is 5.75 Å². The zero-order chi connectivity index (χ0) is 14.1. The minimum Gasteiger partial charge on any atom is -0.497 e. The Balaban J connectivity index is 2.09. The van der Waals surface area contributed by atoms with Crippen LogP contribution >= 0.6 is 0 Å². The van der Waals surface area contributed by atoms with E-state index in [0.29, 0.717) is 5.82 Å². The van der Waals surface area contributed by atoms with Crippen LogP contribution in [0.15, 0.2) is 24.3 Å². The number of nitrogen functional groups attached to an aromatic ring is 1. The second-order valence-electron chi connectivity index (χ2n) is 5.16. The molecule has 0 unspecified atom stereocenters. The summed E-state index contributed by atoms with van der Waals surface area (Å²) in [4.78, 5) is 2.40. The highest BCUT2D eigenvalue weighted by atomic mass is 16.5. The third-order valence-corrected chi connectivity index (χ3v) is 3.84. The first-order valence-electron chi connectivity index (χ1n) is 6.92. The number of methoxy groups -OCH3 is 1. The Morgan fingerprint density at radius 1 is 1.20 bits per heavy atom. The first kappa shape index (κ1) is 12.8. The summed E-state index contributed by atoms with van der Waals surface area (Å²) in [6.45, 7) is 2.20. The van der Waals surface area contributed by atoms with Crippen molar-refractivity contribution in [1.82, 2.24) is 9.78 Å². The number of nitrogens with two attached hydrogens (primary N) is 1. The number of rotatable bonds is 3. The van der Waals surface area contributed by atoms with Crippen molar-refractivity contribution in [1.29, 1.82) is 0 Å². The van der Waals surface area contributed by atoms with Gasteiger partial charge in [0.25, 0.3) is 0 Å². The largest absolute Gasteiger partial charge is 0.497 e. The molecule has 0 bridgehead atoms. The summed E-state index contributed by atoms with van der Waals surface area (Å²) in [7, 11) is 3.54. The van der Waals surface area contributed by atoms with Crippen molar-refractivity contribution < 1.29 is 4.74 Å². The molecule has 0 spiro atoms. The SMILES string of the molecule is COc1ccc(N2CCCC2)c(-c2cc(N)n(C)n2)c1. The lowest BCUT2D eigenvalue weighted by atomic mass is 10.1. The molecule has 1 aliphatic rings. The summed E-state index contributed by atoms with van der Waals surface area (Å²) in [6, 6.07) is 8.07. The fourth-order valence-electron chi connectivity index (χ4n) is 2.69. The van der Waals surface area contributed by atoms with Crippen molar-refractivity contribution in [3.63, 3.8) is 0 Å². The van der Waals surface area contributed by atoms with Gasteiger partial charge in [-0.05, 0) is 31.0 Å². The fraction of sp³-hybridized carbons (Fsp3) is 0.400. The lowest BCUT2D eigenvalue weighted by Crippen LogP contribution is -2.18. The third-order valence-electron chi connectivity index (χ3n) is 3.84. The standard InChI is InChI=1S/C15H20N4O/c1-18-15(16)10-13(17-18)12-9-11(20-2)5-6-14(12)19-7-3-4-8-19/h5-6,9-10H,3-4,7-8,16H2,1-2H3. The molecule has 20 heavy (non-hydrogen) atoms. The van der Waals surface area contributed by atoms with Crippen LogP contribution in [0.1, 0.15) is 12.8 Å². The first-order chi connectivity index (χ1) is 9.69. The van der Waals surface area contributed by atoms with Gasteiger partial charge in [0.15, 0.2) is 0 Å². The number of anilines is 2. The number of hydrogen-bond donors (Lipinski definition) is 1. The number of hydrogen-bond acceptors (Lipinski definition) is 4. The number of ether oxygens (including phenoxy) is 1. The summed E-state index contributed by atoms with van der Waals surface area (Å²) < 4.78 is 7.04. The number of aryl methyl sites for hydroxylation is 1. The zero-order valence-electron chi connectivity index (χ0n) is 12.0. The van der Waals surface area contributed by atoms with E-state index in [2.05, 4.69) is 16.1 Å². The van der Waals surface area contributed by atoms with Crippen LogP contribution in [0.25, 0.3) is 11.3 Å². The average Bonchev–Trinajstić information content (AvgIpc) is 3.09. The lowest BCUT2D eigenvalue weighted by molar-refractivity contribution is 0.415. The van der Waals surface area contributed by atoms with Crippen LogP contribution in [0.4, 0.5) is 11.5 Å². The number of benzene rings is 1. The van der Waals surface area contributed by atoms with Crippen LogP contribution < -0.4 is 15.4 Å². The molecule has 3 rings (SSSR count). The van der Waals surface area contributed by atoms with E-state index in [9.17, 15) is 0 Å². The molecule has 0 atom stereocenters. The lowest BCUT2D eigenvalue weighted by Gasteiger charge is -2.21. The van der Waals surface area contributed by atoms with Gasteiger partial charge in [0, 0.05) is 37.5 Å². The van der Waals surface area contributed by atoms with Gasteiger partial charge in [-0.25, -0.2) is 0 Å². The summed E-state index contributed by atoms with van der Waals surface area (Å²) in [5.74, 6) is 1.50. The summed E-state index contributed by atoms with van der Waals surface area (Å²) in [5.41, 5.74) is 9.09. The monoisotopic (exact) mass is 272 g/mol. The normalized spacial score (nSPS) is 14.8. The molecule has 2 N–H and O–H groups in total. The molecule has 1 aromatic heterocycles. The van der Waals surface area contributed by atoms with Gasteiger partial charge in [0.1, 0.15) is 11.6 Å². The molecule has 1 aliphatic heterocycles. The highest BCUT2D eigenvalue weighted by Crippen LogP contribution is 2.35. The van der Waals surface area contributed by atoms with Gasteiger partial charge < -0.3 is 15.4 Å². The van der Waals surface area contributed by atoms with Gasteiger partial charge in [-0.2, -0.15) is 5.10 Å². The smallest absolute Gasteiger partial charge is 0.121 e. The van der Waals surface area contributed by atoms with E-state index in [1.165, 1.54) is 18.5 Å². The molecule has 0 amide bonds. The Morgan fingerprint density at radius 2 is 1.95 bits per heavy atom. The van der Waals surface area contributed by atoms with E-state index < -0.39 is 0 Å². The molecule has 0 saturated carbocycles. The van der Waals surface area contributed by atoms with Crippen LogP contribution in [0.2, 0.25) is 0 Å². The summed E-state index contributed by atoms with van der Waals surface area (Å²) in [5, 5.41) is 4.50. The third kappa shape index (κ3) is 2.19. The molecule has 0 aliphatic carbocycles. The number of aromatic nitrogens is 2. The maximum Gasteiger partial charge on any atom is 0.121 e. The van der Waals surface area contributed by atoms with Crippen LogP contribution in [-0.2, 0) is 7.05 Å². The molecule has 1 fully saturated rings. The average molecular weight is 272 g/mol. The van der Waals surface area contributed by atoms with Crippen molar-refractivity contribution in [2.24, 2.45) is 7.05 Å². The Bertz CT molecular complexity index is 595. The Morgan fingerprint density at radius 3 is 2.55 bits per heavy atom. The predicted octanol–water partition coefficient (Wildman–Crippen LogP) is 2.28. The topological polar surface area (TPSA) is 56.3 Å². The second kappa shape index (κ2) is 5.07. The summed E-state index contributed by atoms with van der Waals surface area (Å²) >= 11 is 0. The highest BCUT2D eigenvalue weighted by molar-refractivity contribution is 5.79. The molecular formula is C15H20N4O. The Hall–Kier alpha value is -2.17. The van der Waals surface area contributed by atoms with Crippen molar-refractivity contribution in [2.75, 3.05) is 30.8 Å². The highest BCUT2D eigenvalue weighted by Gasteiger charge is 2.19. The van der Waals surface area contributed by atoms with Gasteiger partial charge in [0.05, 0.1) is 12.8 Å². The first-order valence-corrected chi connectivity index (χ1v) is 6.92. The van der Waals surface area contributed by atoms with Crippen molar-refractivity contribution in [3.05, 3.63) is 24.3 Å². The van der Waals surface area contributed by atoms with E-state index in [-0.39, 0.29) is 0 Å². The quantitative estimate of drug-likeness (QED) is 0.931. The Kier molecular flexibility index (Phi) is 3.26. The van der Waals surface area contributed by atoms with E-state index in [0.717, 1.165) is 30.1 Å². The summed E-state index contributed by atoms with van der Waals surface area (Å²) in [6.07, 6.45) is 2.49. The minimum absolute atomic E-state index is 0.662. The maximum absolute atomic E-state index is 5.91. The van der Waals surface area contributed by atoms with Crippen molar-refractivity contribution in [2.45, 2.75) is 12.8 Å². The molecular weight excluding hydrogens is 252 g/mol. The van der Waals surface area contributed by atoms with Gasteiger partial charge >= 0.3 is 0 Å². The van der Waals surface area contributed by atoms with E-state index >= 15 is 0 Å². The van der Waals surface area contributed by atoms with Gasteiger partial charge in [0.2, 0.25) is 0 Å². The molecule has 1 aromatic carbocycles. The molecule has 5 heteroatoms. The van der Waals surface area contributed by atoms with E-state index in [1.807, 2.05) is 25.2 Å². The van der Waals surface area contributed by atoms with Gasteiger partial charge in [-0.15, -0.1) is 0 Å². The maximum atomic E-state index is 5.91. The van der Waals surface area contributed by atoms with E-state index in [4.69, 9.17) is 10.5 Å². The van der Waals surface area contributed by atoms with Gasteiger partial charge in [-0.1, -0.05) is 0 Å². The zero-order valence-corrected chi connectivity index (χ0v) is 12.0. The number of nitrogens with zero attached hydrogens (tertiary/aromatic N) is 3. The molecule has 2 heterocycles. The van der Waals surface area contributed by atoms with Gasteiger partial charge in [-0.3, -0.25) is 4.68 Å². The molecule has 5 nitrogen and oxygen atoms in total. The van der Waals surface area contributed by atoms with Crippen molar-refractivity contribution in [3.8, 4) is 17.0 Å². The predicted molar refractivity (Wildman–Crippen MR) is 81.1 cm³/mol.